The van der Waals surface area contributed by atoms with Crippen LogP contribution in [0.25, 0.3) is 0 Å². The van der Waals surface area contributed by atoms with Crippen LogP contribution in [0.15, 0.2) is 22.7 Å². The molecule has 0 saturated carbocycles. The molecule has 0 spiro atoms. The topological polar surface area (TPSA) is 43.1 Å². The summed E-state index contributed by atoms with van der Waals surface area (Å²) in [6.07, 6.45) is 0.697. The fourth-order valence-corrected chi connectivity index (χ4v) is 1.85. The van der Waals surface area contributed by atoms with Crippen molar-refractivity contribution >= 4 is 21.7 Å². The second kappa shape index (κ2) is 6.11. The largest absolute Gasteiger partial charge is 0.330 e. The highest BCUT2D eigenvalue weighted by atomic mass is 79.9. The molecule has 1 rings (SSSR count). The minimum atomic E-state index is -0.336. The summed E-state index contributed by atoms with van der Waals surface area (Å²) in [6.45, 7) is 2.43. The molecule has 0 aliphatic heterocycles. The average Bonchev–Trinajstić information content (AvgIpc) is 2.24. The highest BCUT2D eigenvalue weighted by Crippen LogP contribution is 2.21. The highest BCUT2D eigenvalue weighted by Gasteiger charge is 2.12. The number of carbonyl (C=O) groups excluding carboxylic acids is 1. The number of hydrogen-bond donors (Lipinski definition) is 1. The Bertz CT molecular complexity index is 381. The average molecular weight is 288 g/mol. The molecule has 0 aliphatic carbocycles. The van der Waals surface area contributed by atoms with Gasteiger partial charge in [0.2, 0.25) is 0 Å². The zero-order valence-corrected chi connectivity index (χ0v) is 10.8. The van der Waals surface area contributed by atoms with Gasteiger partial charge in [0.1, 0.15) is 11.6 Å². The molecule has 88 valence electrons. The Kier molecular flexibility index (Phi) is 5.09. The molecule has 1 aromatic carbocycles. The second-order valence-corrected chi connectivity index (χ2v) is 4.77. The SMILES string of the molecule is CC(CN)CC(=O)Cc1cccc(F)c1Br. The van der Waals surface area contributed by atoms with Crippen LogP contribution in [0.2, 0.25) is 0 Å². The van der Waals surface area contributed by atoms with Crippen LogP contribution >= 0.6 is 15.9 Å². The van der Waals surface area contributed by atoms with Gasteiger partial charge in [0.15, 0.2) is 0 Å². The van der Waals surface area contributed by atoms with Crippen LogP contribution in [0.4, 0.5) is 4.39 Å². The van der Waals surface area contributed by atoms with Crippen LogP contribution in [-0.2, 0) is 11.2 Å². The van der Waals surface area contributed by atoms with Gasteiger partial charge in [0.05, 0.1) is 4.47 Å². The molecule has 1 aromatic rings. The Balaban J connectivity index is 2.66. The van der Waals surface area contributed by atoms with Gasteiger partial charge < -0.3 is 5.73 Å². The lowest BCUT2D eigenvalue weighted by atomic mass is 10.00. The Morgan fingerprint density at radius 1 is 1.56 bits per heavy atom. The third-order valence-electron chi connectivity index (χ3n) is 2.40. The standard InChI is InChI=1S/C12H15BrFNO/c1-8(7-15)5-10(16)6-9-3-2-4-11(14)12(9)13/h2-4,8H,5-7,15H2,1H3. The Morgan fingerprint density at radius 2 is 2.25 bits per heavy atom. The van der Waals surface area contributed by atoms with Crippen molar-refractivity contribution in [3.05, 3.63) is 34.1 Å². The van der Waals surface area contributed by atoms with Gasteiger partial charge in [-0.25, -0.2) is 4.39 Å². The molecule has 2 nitrogen and oxygen atoms in total. The molecule has 2 N–H and O–H groups in total. The molecule has 0 aromatic heterocycles. The summed E-state index contributed by atoms with van der Waals surface area (Å²) in [5.41, 5.74) is 6.14. The van der Waals surface area contributed by atoms with Crippen LogP contribution in [-0.4, -0.2) is 12.3 Å². The molecular formula is C12H15BrFNO. The molecule has 0 fully saturated rings. The number of Topliss-reactive ketones (excluding diaryl/α,β-unsaturated/α-hetero) is 1. The first-order valence-corrected chi connectivity index (χ1v) is 5.98. The lowest BCUT2D eigenvalue weighted by Gasteiger charge is -2.08. The Hall–Kier alpha value is -0.740. The van der Waals surface area contributed by atoms with E-state index in [0.29, 0.717) is 23.0 Å². The van der Waals surface area contributed by atoms with Gasteiger partial charge >= 0.3 is 0 Å². The smallest absolute Gasteiger partial charge is 0.137 e. The van der Waals surface area contributed by atoms with Crippen molar-refractivity contribution in [3.8, 4) is 0 Å². The van der Waals surface area contributed by atoms with Crippen LogP contribution in [0, 0.1) is 11.7 Å². The number of halogens is 2. The summed E-state index contributed by atoms with van der Waals surface area (Å²) in [6, 6.07) is 4.72. The first-order valence-electron chi connectivity index (χ1n) is 5.19. The van der Waals surface area contributed by atoms with Crippen molar-refractivity contribution in [3.63, 3.8) is 0 Å². The van der Waals surface area contributed by atoms with E-state index in [1.54, 1.807) is 12.1 Å². The maximum absolute atomic E-state index is 13.2. The van der Waals surface area contributed by atoms with Gasteiger partial charge in [-0.05, 0) is 40.0 Å². The summed E-state index contributed by atoms with van der Waals surface area (Å²) in [5.74, 6) is -0.0683. The zero-order chi connectivity index (χ0) is 12.1. The van der Waals surface area contributed by atoms with Crippen LogP contribution in [0.1, 0.15) is 18.9 Å². The van der Waals surface area contributed by atoms with Gasteiger partial charge in [-0.1, -0.05) is 19.1 Å². The fourth-order valence-electron chi connectivity index (χ4n) is 1.44. The van der Waals surface area contributed by atoms with Gasteiger partial charge in [0, 0.05) is 12.8 Å². The first-order chi connectivity index (χ1) is 7.54. The van der Waals surface area contributed by atoms with E-state index < -0.39 is 0 Å². The minimum Gasteiger partial charge on any atom is -0.330 e. The number of nitrogens with two attached hydrogens (primary N) is 1. The van der Waals surface area contributed by atoms with Gasteiger partial charge in [0.25, 0.3) is 0 Å². The third-order valence-corrected chi connectivity index (χ3v) is 3.29. The molecule has 1 atom stereocenters. The molecule has 16 heavy (non-hydrogen) atoms. The van der Waals surface area contributed by atoms with Crippen molar-refractivity contribution in [1.82, 2.24) is 0 Å². The van der Waals surface area contributed by atoms with E-state index in [4.69, 9.17) is 5.73 Å². The molecule has 1 unspecified atom stereocenters. The van der Waals surface area contributed by atoms with E-state index in [1.807, 2.05) is 6.92 Å². The third kappa shape index (κ3) is 3.68. The number of ketones is 1. The maximum Gasteiger partial charge on any atom is 0.137 e. The van der Waals surface area contributed by atoms with Gasteiger partial charge in [-0.2, -0.15) is 0 Å². The van der Waals surface area contributed by atoms with Crippen LogP contribution < -0.4 is 5.73 Å². The summed E-state index contributed by atoms with van der Waals surface area (Å²) >= 11 is 3.14. The summed E-state index contributed by atoms with van der Waals surface area (Å²) < 4.78 is 13.6. The van der Waals surface area contributed by atoms with E-state index in [2.05, 4.69) is 15.9 Å². The second-order valence-electron chi connectivity index (χ2n) is 3.97. The van der Waals surface area contributed by atoms with Crippen molar-refractivity contribution in [1.29, 1.82) is 0 Å². The highest BCUT2D eigenvalue weighted by molar-refractivity contribution is 9.10. The van der Waals surface area contributed by atoms with E-state index in [-0.39, 0.29) is 23.9 Å². The van der Waals surface area contributed by atoms with E-state index in [1.165, 1.54) is 6.07 Å². The molecule has 0 amide bonds. The first kappa shape index (κ1) is 13.3. The van der Waals surface area contributed by atoms with Crippen LogP contribution in [0.3, 0.4) is 0 Å². The lowest BCUT2D eigenvalue weighted by Crippen LogP contribution is -2.16. The normalized spacial score (nSPS) is 12.5. The molecule has 0 saturated heterocycles. The zero-order valence-electron chi connectivity index (χ0n) is 9.17. The molecule has 4 heteroatoms. The summed E-state index contributed by atoms with van der Waals surface area (Å²) in [7, 11) is 0. The molecule has 0 heterocycles. The monoisotopic (exact) mass is 287 g/mol. The molecule has 0 aliphatic rings. The lowest BCUT2D eigenvalue weighted by molar-refractivity contribution is -0.119. The predicted molar refractivity (Wildman–Crippen MR) is 65.6 cm³/mol. The number of hydrogen-bond acceptors (Lipinski definition) is 2. The van der Waals surface area contributed by atoms with Crippen LogP contribution in [0.5, 0.6) is 0 Å². The molecule has 0 radical (unpaired) electrons. The number of carbonyl (C=O) groups is 1. The van der Waals surface area contributed by atoms with Gasteiger partial charge in [-0.3, -0.25) is 4.79 Å². The fraction of sp³-hybridized carbons (Fsp3) is 0.417. The number of benzene rings is 1. The Morgan fingerprint density at radius 3 is 2.88 bits per heavy atom. The summed E-state index contributed by atoms with van der Waals surface area (Å²) in [5, 5.41) is 0. The van der Waals surface area contributed by atoms with E-state index in [0.717, 1.165) is 0 Å². The van der Waals surface area contributed by atoms with Crippen molar-refractivity contribution in [2.45, 2.75) is 19.8 Å². The van der Waals surface area contributed by atoms with Crippen molar-refractivity contribution in [2.24, 2.45) is 11.7 Å². The van der Waals surface area contributed by atoms with Gasteiger partial charge in [-0.15, -0.1) is 0 Å². The van der Waals surface area contributed by atoms with Crippen molar-refractivity contribution < 1.29 is 9.18 Å². The minimum absolute atomic E-state index is 0.0873. The maximum atomic E-state index is 13.2. The summed E-state index contributed by atoms with van der Waals surface area (Å²) in [4.78, 5) is 11.6. The molecular weight excluding hydrogens is 273 g/mol. The molecule has 0 bridgehead atoms. The van der Waals surface area contributed by atoms with Crippen molar-refractivity contribution in [2.75, 3.05) is 6.54 Å². The number of rotatable bonds is 5. The predicted octanol–water partition coefficient (Wildman–Crippen LogP) is 2.68. The Labute approximate surface area is 103 Å². The van der Waals surface area contributed by atoms with E-state index in [9.17, 15) is 9.18 Å². The van der Waals surface area contributed by atoms with E-state index >= 15 is 0 Å². The quantitative estimate of drug-likeness (QED) is 0.905.